The highest BCUT2D eigenvalue weighted by Crippen LogP contribution is 2.45. The molecular formula is C16H26N4O3. The third-order valence-corrected chi connectivity index (χ3v) is 5.16. The normalized spacial score (nSPS) is 37.5. The number of urea groups is 1. The first-order chi connectivity index (χ1) is 10.7. The van der Waals surface area contributed by atoms with Crippen molar-refractivity contribution in [2.45, 2.75) is 39.2 Å². The Labute approximate surface area is 136 Å². The molecule has 3 rings (SSSR count). The first kappa shape index (κ1) is 16.2. The molecule has 0 spiro atoms. The first-order valence-electron chi connectivity index (χ1n) is 8.26. The van der Waals surface area contributed by atoms with Crippen LogP contribution in [0.1, 0.15) is 33.1 Å². The van der Waals surface area contributed by atoms with Crippen LogP contribution >= 0.6 is 0 Å². The van der Waals surface area contributed by atoms with Crippen LogP contribution in [0.25, 0.3) is 0 Å². The van der Waals surface area contributed by atoms with Gasteiger partial charge >= 0.3 is 6.03 Å². The standard InChI is InChI=1S/C16H26N4O3/c1-15-6-16(2,8-19(3)7-15)10-20(9-15)12(21)5-4-11-13(22)18-14(23)17-11/h11H,4-10H2,1-3H3,(H2,17,18,22,23)/t11-,15?,16?/m0/s1. The molecule has 23 heavy (non-hydrogen) atoms. The summed E-state index contributed by atoms with van der Waals surface area (Å²) in [5.41, 5.74) is 0.267. The zero-order chi connectivity index (χ0) is 16.8. The molecule has 4 amide bonds. The molecule has 0 radical (unpaired) electrons. The molecule has 3 saturated heterocycles. The minimum absolute atomic E-state index is 0.0839. The van der Waals surface area contributed by atoms with E-state index in [1.54, 1.807) is 0 Å². The second-order valence-electron chi connectivity index (χ2n) is 8.27. The Balaban J connectivity index is 1.60. The largest absolute Gasteiger partial charge is 0.342 e. The quantitative estimate of drug-likeness (QED) is 0.726. The Hall–Kier alpha value is -1.63. The summed E-state index contributed by atoms with van der Waals surface area (Å²) in [6.45, 7) is 8.07. The summed E-state index contributed by atoms with van der Waals surface area (Å²) in [6, 6.07) is -1.05. The Bertz CT molecular complexity index is 531. The van der Waals surface area contributed by atoms with Crippen molar-refractivity contribution in [1.82, 2.24) is 20.4 Å². The highest BCUT2D eigenvalue weighted by atomic mass is 16.2. The number of nitrogens with one attached hydrogen (secondary N) is 2. The van der Waals surface area contributed by atoms with Crippen molar-refractivity contribution < 1.29 is 14.4 Å². The van der Waals surface area contributed by atoms with Gasteiger partial charge in [-0.05, 0) is 30.7 Å². The zero-order valence-corrected chi connectivity index (χ0v) is 14.1. The fourth-order valence-corrected chi connectivity index (χ4v) is 4.96. The van der Waals surface area contributed by atoms with Gasteiger partial charge in [0, 0.05) is 32.6 Å². The second-order valence-corrected chi connectivity index (χ2v) is 8.27. The molecular weight excluding hydrogens is 296 g/mol. The van der Waals surface area contributed by atoms with Crippen molar-refractivity contribution in [3.63, 3.8) is 0 Å². The lowest BCUT2D eigenvalue weighted by molar-refractivity contribution is -0.144. The summed E-state index contributed by atoms with van der Waals surface area (Å²) >= 11 is 0. The molecule has 0 aromatic heterocycles. The lowest BCUT2D eigenvalue weighted by atomic mass is 9.65. The van der Waals surface area contributed by atoms with Gasteiger partial charge in [-0.15, -0.1) is 0 Å². The number of hydrogen-bond acceptors (Lipinski definition) is 4. The monoisotopic (exact) mass is 322 g/mol. The van der Waals surface area contributed by atoms with E-state index < -0.39 is 12.1 Å². The number of fused-ring (bicyclic) bond motifs is 2. The van der Waals surface area contributed by atoms with Gasteiger partial charge in [0.25, 0.3) is 5.91 Å². The molecule has 3 fully saturated rings. The lowest BCUT2D eigenvalue weighted by Crippen LogP contribution is -2.62. The molecule has 0 aromatic rings. The van der Waals surface area contributed by atoms with Crippen LogP contribution in [0.4, 0.5) is 4.79 Å². The number of nitrogens with zero attached hydrogens (tertiary/aromatic N) is 2. The van der Waals surface area contributed by atoms with Gasteiger partial charge in [0.1, 0.15) is 6.04 Å². The van der Waals surface area contributed by atoms with Gasteiger partial charge in [-0.1, -0.05) is 13.8 Å². The lowest BCUT2D eigenvalue weighted by Gasteiger charge is -2.56. The van der Waals surface area contributed by atoms with E-state index in [9.17, 15) is 14.4 Å². The van der Waals surface area contributed by atoms with Crippen molar-refractivity contribution >= 4 is 17.8 Å². The number of rotatable bonds is 3. The highest BCUT2D eigenvalue weighted by molar-refractivity contribution is 6.04. The maximum absolute atomic E-state index is 12.6. The van der Waals surface area contributed by atoms with Crippen LogP contribution in [-0.2, 0) is 9.59 Å². The molecule has 0 saturated carbocycles. The number of carbonyl (C=O) groups is 3. The summed E-state index contributed by atoms with van der Waals surface area (Å²) in [5, 5.41) is 4.75. The molecule has 3 aliphatic heterocycles. The van der Waals surface area contributed by atoms with E-state index in [4.69, 9.17) is 0 Å². The Morgan fingerprint density at radius 3 is 2.30 bits per heavy atom. The number of imide groups is 1. The van der Waals surface area contributed by atoms with E-state index in [1.165, 1.54) is 0 Å². The van der Waals surface area contributed by atoms with Gasteiger partial charge in [0.05, 0.1) is 0 Å². The van der Waals surface area contributed by atoms with Crippen molar-refractivity contribution in [3.05, 3.63) is 0 Å². The van der Waals surface area contributed by atoms with Crippen molar-refractivity contribution in [1.29, 1.82) is 0 Å². The summed E-state index contributed by atoms with van der Waals surface area (Å²) in [5.74, 6) is -0.250. The summed E-state index contributed by atoms with van der Waals surface area (Å²) in [6.07, 6.45) is 1.80. The number of piperidine rings is 2. The van der Waals surface area contributed by atoms with Gasteiger partial charge in [-0.25, -0.2) is 4.79 Å². The summed E-state index contributed by atoms with van der Waals surface area (Å²) in [7, 11) is 2.15. The predicted octanol–water partition coefficient (Wildman–Crippen LogP) is 0.165. The topological polar surface area (TPSA) is 81.8 Å². The average Bonchev–Trinajstić information content (AvgIpc) is 2.70. The Morgan fingerprint density at radius 1 is 1.17 bits per heavy atom. The fraction of sp³-hybridized carbons (Fsp3) is 0.812. The smallest absolute Gasteiger partial charge is 0.322 e. The minimum atomic E-state index is -0.576. The van der Waals surface area contributed by atoms with E-state index in [0.717, 1.165) is 32.6 Å². The van der Waals surface area contributed by atoms with E-state index in [0.29, 0.717) is 12.8 Å². The van der Waals surface area contributed by atoms with Crippen LogP contribution in [0.5, 0.6) is 0 Å². The molecule has 2 N–H and O–H groups in total. The van der Waals surface area contributed by atoms with E-state index in [1.807, 2.05) is 4.90 Å². The van der Waals surface area contributed by atoms with Crippen LogP contribution in [0.15, 0.2) is 0 Å². The van der Waals surface area contributed by atoms with Gasteiger partial charge < -0.3 is 15.1 Å². The molecule has 128 valence electrons. The number of carbonyl (C=O) groups excluding carboxylic acids is 3. The van der Waals surface area contributed by atoms with E-state index >= 15 is 0 Å². The molecule has 2 bridgehead atoms. The van der Waals surface area contributed by atoms with Crippen LogP contribution in [-0.4, -0.2) is 66.9 Å². The zero-order valence-electron chi connectivity index (χ0n) is 14.1. The van der Waals surface area contributed by atoms with Crippen LogP contribution in [0.3, 0.4) is 0 Å². The highest BCUT2D eigenvalue weighted by Gasteiger charge is 2.48. The van der Waals surface area contributed by atoms with Gasteiger partial charge in [-0.2, -0.15) is 0 Å². The molecule has 3 heterocycles. The molecule has 3 aliphatic rings. The van der Waals surface area contributed by atoms with Gasteiger partial charge in [-0.3, -0.25) is 14.9 Å². The maximum Gasteiger partial charge on any atom is 0.322 e. The summed E-state index contributed by atoms with van der Waals surface area (Å²) < 4.78 is 0. The maximum atomic E-state index is 12.6. The molecule has 3 atom stereocenters. The molecule has 7 nitrogen and oxygen atoms in total. The minimum Gasteiger partial charge on any atom is -0.342 e. The predicted molar refractivity (Wildman–Crippen MR) is 84.6 cm³/mol. The van der Waals surface area contributed by atoms with Crippen molar-refractivity contribution in [2.75, 3.05) is 33.2 Å². The van der Waals surface area contributed by atoms with E-state index in [-0.39, 0.29) is 22.6 Å². The van der Waals surface area contributed by atoms with Crippen LogP contribution in [0, 0.1) is 10.8 Å². The molecule has 0 aliphatic carbocycles. The molecule has 2 unspecified atom stereocenters. The van der Waals surface area contributed by atoms with Crippen molar-refractivity contribution in [2.24, 2.45) is 10.8 Å². The SMILES string of the molecule is CN1CC2(C)CN(C(=O)CC[C@@H]3NC(=O)NC3=O)CC(C)(C1)C2. The number of likely N-dealkylation sites (tertiary alicyclic amines) is 2. The molecule has 7 heteroatoms. The Kier molecular flexibility index (Phi) is 3.86. The van der Waals surface area contributed by atoms with Crippen molar-refractivity contribution in [3.8, 4) is 0 Å². The third-order valence-electron chi connectivity index (χ3n) is 5.16. The van der Waals surface area contributed by atoms with Crippen LogP contribution < -0.4 is 10.6 Å². The van der Waals surface area contributed by atoms with E-state index in [2.05, 4.69) is 36.4 Å². The second kappa shape index (κ2) is 5.47. The fourth-order valence-electron chi connectivity index (χ4n) is 4.96. The number of hydrogen-bond donors (Lipinski definition) is 2. The Morgan fingerprint density at radius 2 is 1.78 bits per heavy atom. The first-order valence-corrected chi connectivity index (χ1v) is 8.26. The van der Waals surface area contributed by atoms with Gasteiger partial charge in [0.2, 0.25) is 5.91 Å². The average molecular weight is 322 g/mol. The number of amides is 4. The summed E-state index contributed by atoms with van der Waals surface area (Å²) in [4.78, 5) is 39.6. The van der Waals surface area contributed by atoms with Crippen LogP contribution in [0.2, 0.25) is 0 Å². The third kappa shape index (κ3) is 3.34. The molecule has 0 aromatic carbocycles. The van der Waals surface area contributed by atoms with Gasteiger partial charge in [0.15, 0.2) is 0 Å².